The van der Waals surface area contributed by atoms with E-state index in [4.69, 9.17) is 11.5 Å². The van der Waals surface area contributed by atoms with Crippen molar-refractivity contribution in [3.63, 3.8) is 0 Å². The molecule has 3 aromatic heterocycles. The van der Waals surface area contributed by atoms with Gasteiger partial charge in [0.1, 0.15) is 84.3 Å². The first-order valence-electron chi connectivity index (χ1n) is 45.5. The highest BCUT2D eigenvalue weighted by Crippen LogP contribution is 2.28. The van der Waals surface area contributed by atoms with Gasteiger partial charge in [-0.15, -0.1) is 11.8 Å². The van der Waals surface area contributed by atoms with E-state index in [-0.39, 0.29) is 101 Å². The SMILES string of the molecule is CCCC[C@H]1C(=O)N(C)[C@@H](CCCC)C(=O)N[C@@H](CCC(=O)O)C(=O)N[C@H](CC(=O)NCC(N)=O)CSCC(=O)N[C@@H](Cc2ccc(O)cc2)C(=O)N(C)[C@@H](C)C(=O)N[C@@H](CC(=O)O)C(=O)N2CCC[C@H]2C(=O)N[C@@H](Cc2c[nH]cn2)C(=O)N[C@@H](CCCCN)C(=O)N2C[C@H](O)C[C@H]2C(=O)N[C@@H](Cc2c[nH]c3ccccc23)C(=O)N[C@@H](CO)C(=O)N[C@@H](Cc2c[nH]c3ccccc23)C(=O)N1C. The Kier molecular flexibility index (Phi) is 40.0. The molecular weight excluding hydrogens is 1790 g/mol. The zero-order valence-electron chi connectivity index (χ0n) is 76.8. The Bertz CT molecular complexity index is 5230. The summed E-state index contributed by atoms with van der Waals surface area (Å²) in [4.78, 5) is 280. The molecule has 0 radical (unpaired) electrons. The number of amides is 16. The van der Waals surface area contributed by atoms with E-state index in [1.807, 2.05) is 6.92 Å². The van der Waals surface area contributed by atoms with E-state index in [9.17, 15) is 73.5 Å². The summed E-state index contributed by atoms with van der Waals surface area (Å²) in [6.07, 6.45) is 1.62. The number of nitrogens with zero attached hydrogens (tertiary/aromatic N) is 6. The number of carbonyl (C=O) groups is 18. The highest BCUT2D eigenvalue weighted by molar-refractivity contribution is 8.00. The van der Waals surface area contributed by atoms with Crippen LogP contribution in [0.5, 0.6) is 5.75 Å². The first-order valence-corrected chi connectivity index (χ1v) is 46.6. The van der Waals surface area contributed by atoms with E-state index in [1.165, 1.54) is 64.9 Å². The zero-order valence-corrected chi connectivity index (χ0v) is 77.6. The molecular formula is C91H125N21O23S. The number of unbranched alkanes of at least 4 members (excludes halogenated alkanes) is 3. The quantitative estimate of drug-likeness (QED) is 0.0231. The van der Waals surface area contributed by atoms with E-state index in [1.54, 1.807) is 67.8 Å². The van der Waals surface area contributed by atoms with Crippen LogP contribution in [0, 0.1) is 0 Å². The molecule has 44 nitrogen and oxygen atoms in total. The largest absolute Gasteiger partial charge is 0.508 e. The van der Waals surface area contributed by atoms with Crippen molar-refractivity contribution < 1.29 is 112 Å². The first-order chi connectivity index (χ1) is 64.9. The van der Waals surface area contributed by atoms with Crippen LogP contribution in [-0.2, 0) is 112 Å². The van der Waals surface area contributed by atoms with Gasteiger partial charge in [0, 0.05) is 131 Å². The molecule has 0 bridgehead atoms. The number of phenols is 1. The number of aromatic amines is 3. The maximum Gasteiger partial charge on any atom is 0.305 e. The van der Waals surface area contributed by atoms with E-state index >= 15 is 38.4 Å². The van der Waals surface area contributed by atoms with Gasteiger partial charge in [0.05, 0.1) is 43.5 Å². The number of rotatable bonds is 28. The highest BCUT2D eigenvalue weighted by Gasteiger charge is 2.47. The normalized spacial score (nSPS) is 24.7. The molecule has 16 amide bonds. The Labute approximate surface area is 788 Å². The molecule has 738 valence electrons. The van der Waals surface area contributed by atoms with Crippen molar-refractivity contribution in [2.24, 2.45) is 11.5 Å². The lowest BCUT2D eigenvalue weighted by Gasteiger charge is -2.36. The molecule has 3 aliphatic rings. The summed E-state index contributed by atoms with van der Waals surface area (Å²) < 4.78 is 0. The molecule has 6 aromatic rings. The van der Waals surface area contributed by atoms with E-state index in [0.717, 1.165) is 36.3 Å². The second kappa shape index (κ2) is 51.2. The topological polar surface area (TPSA) is 657 Å². The minimum atomic E-state index is -1.92. The summed E-state index contributed by atoms with van der Waals surface area (Å²) in [7, 11) is 3.80. The zero-order chi connectivity index (χ0) is 99.1. The third-order valence-corrected chi connectivity index (χ3v) is 25.5. The van der Waals surface area contributed by atoms with Crippen LogP contribution in [0.15, 0.2) is 97.7 Å². The molecule has 136 heavy (non-hydrogen) atoms. The average Bonchev–Trinajstić information content (AvgIpc) is 0.947. The van der Waals surface area contributed by atoms with Gasteiger partial charge in [0.2, 0.25) is 94.5 Å². The lowest BCUT2D eigenvalue weighted by molar-refractivity contribution is -0.149. The number of nitrogens with two attached hydrogens (primary N) is 2. The van der Waals surface area contributed by atoms with Crippen LogP contribution in [0.2, 0.25) is 0 Å². The number of carbonyl (C=O) groups excluding carboxylic acids is 16. The van der Waals surface area contributed by atoms with Gasteiger partial charge in [-0.25, -0.2) is 4.98 Å². The molecule has 0 spiro atoms. The lowest BCUT2D eigenvalue weighted by Crippen LogP contribution is -2.61. The first kappa shape index (κ1) is 106. The smallest absolute Gasteiger partial charge is 0.305 e. The number of aromatic nitrogens is 4. The summed E-state index contributed by atoms with van der Waals surface area (Å²) >= 11 is 0.804. The molecule has 45 heteroatoms. The third-order valence-electron chi connectivity index (χ3n) is 24.4. The van der Waals surface area contributed by atoms with Crippen molar-refractivity contribution in [1.82, 2.24) is 97.6 Å². The van der Waals surface area contributed by atoms with Gasteiger partial charge in [-0.1, -0.05) is 88.1 Å². The number of benzene rings is 3. The van der Waals surface area contributed by atoms with Crippen LogP contribution in [-0.4, -0.2) is 333 Å². The Hall–Kier alpha value is -13.6. The molecule has 22 N–H and O–H groups in total. The number of para-hydroxylation sites is 2. The molecule has 0 aliphatic carbocycles. The molecule has 3 saturated heterocycles. The fraction of sp³-hybridized carbons (Fsp3) is 0.527. The number of imidazole rings is 1. The van der Waals surface area contributed by atoms with Crippen molar-refractivity contribution in [2.75, 3.05) is 65.4 Å². The molecule has 15 atom stereocenters. The second-order valence-corrected chi connectivity index (χ2v) is 35.4. The number of aliphatic carboxylic acids is 2. The van der Waals surface area contributed by atoms with Crippen LogP contribution < -0.4 is 64.6 Å². The van der Waals surface area contributed by atoms with Crippen LogP contribution in [0.4, 0.5) is 0 Å². The average molecular weight is 1910 g/mol. The van der Waals surface area contributed by atoms with Crippen LogP contribution >= 0.6 is 11.8 Å². The van der Waals surface area contributed by atoms with Crippen molar-refractivity contribution in [1.29, 1.82) is 0 Å². The fourth-order valence-electron chi connectivity index (χ4n) is 16.8. The monoisotopic (exact) mass is 1910 g/mol. The molecule has 0 saturated carbocycles. The van der Waals surface area contributed by atoms with Crippen LogP contribution in [0.1, 0.15) is 146 Å². The van der Waals surface area contributed by atoms with E-state index in [0.29, 0.717) is 64.2 Å². The number of carboxylic acid groups (broad SMARTS) is 2. The fourth-order valence-corrected chi connectivity index (χ4v) is 17.6. The standard InChI is InChI=1S/C91H125N21O23S/c1-7-9-23-70-84(128)101-62(30-31-77(119)120)80(124)99-55(38-75(117)97-44-74(93)116)47-136-48-76(118)100-66(34-51-26-28-56(114)29-27-51)87(131)108(4)50(3)79(123)105-68(40-78(121)122)90(134)111-33-17-25-71(111)85(129)104-65(37-54-43-94-49-98-54)82(126)102-63(22-15-16-32-92)89(133)112-45-57(115)39-73(112)86(130)103-64(35-52-41-95-60-20-13-11-18-58(52)60)81(125)107-69(46-113)83(127)106-67(36-53-42-96-61-21-14-12-19-59(53)61)88(132)110(6)72(24-10-8-2)91(135)109(70)5/h11-14,18-21,26-29,41-43,49-50,55,57,62-73,95-96,113-115H,7-10,15-17,22-25,30-40,44-48,92H2,1-6H3,(H2,93,116)(H,94,98)(H,97,117)(H,99,124)(H,100,118)(H,101,128)(H,102,126)(H,103,130)(H,104,129)(H,105,123)(H,106,127)(H,107,125)(H,119,120)(H,121,122)/t50-,55+,57+,62-,63-,64-,65-,66-,67-,68-,69-,70-,71-,72-,73-/m0/s1. The number of thioether (sulfide) groups is 1. The number of aromatic hydroxyl groups is 1. The minimum absolute atomic E-state index is 0.0425. The highest BCUT2D eigenvalue weighted by atomic mass is 32.2. The van der Waals surface area contributed by atoms with Crippen molar-refractivity contribution in [3.05, 3.63) is 120 Å². The number of fused-ring (bicyclic) bond motifs is 4. The van der Waals surface area contributed by atoms with Gasteiger partial charge in [-0.2, -0.15) is 0 Å². The summed E-state index contributed by atoms with van der Waals surface area (Å²) in [5.74, 6) is -19.5. The van der Waals surface area contributed by atoms with Gasteiger partial charge in [0.25, 0.3) is 0 Å². The van der Waals surface area contributed by atoms with Crippen LogP contribution in [0.25, 0.3) is 21.8 Å². The molecule has 0 unspecified atom stereocenters. The number of likely N-dealkylation sites (N-methyl/N-ethyl adjacent to an activating group) is 3. The summed E-state index contributed by atoms with van der Waals surface area (Å²) in [5, 5.41) is 80.6. The molecule has 3 aromatic carbocycles. The summed E-state index contributed by atoms with van der Waals surface area (Å²) in [6, 6.07) is -2.88. The summed E-state index contributed by atoms with van der Waals surface area (Å²) in [6.45, 7) is 2.53. The van der Waals surface area contributed by atoms with Gasteiger partial charge in [-0.3, -0.25) is 86.3 Å². The third kappa shape index (κ3) is 29.7. The Morgan fingerprint density at radius 1 is 0.529 bits per heavy atom. The van der Waals surface area contributed by atoms with Crippen molar-refractivity contribution >= 4 is 140 Å². The predicted octanol–water partition coefficient (Wildman–Crippen LogP) is -2.25. The number of hydrogen-bond acceptors (Lipinski definition) is 24. The minimum Gasteiger partial charge on any atom is -0.508 e. The number of carboxylic acids is 2. The maximum atomic E-state index is 15.7. The van der Waals surface area contributed by atoms with Gasteiger partial charge in [-0.05, 0) is 106 Å². The van der Waals surface area contributed by atoms with Crippen molar-refractivity contribution in [3.8, 4) is 5.75 Å². The molecule has 3 aliphatic heterocycles. The molecule has 3 fully saturated rings. The van der Waals surface area contributed by atoms with Gasteiger partial charge < -0.3 is 130 Å². The number of phenolic OH excluding ortho intramolecular Hbond substituents is 1. The predicted molar refractivity (Wildman–Crippen MR) is 494 cm³/mol. The molecule has 6 heterocycles. The second-order valence-electron chi connectivity index (χ2n) is 34.4. The number of aliphatic hydroxyl groups is 2. The van der Waals surface area contributed by atoms with Crippen LogP contribution in [0.3, 0.4) is 0 Å². The number of hydrogen-bond donors (Lipinski definition) is 20. The van der Waals surface area contributed by atoms with Crippen molar-refractivity contribution in [2.45, 2.75) is 240 Å². The Balaban J connectivity index is 1.10. The number of nitrogens with one attached hydrogen (secondary N) is 13. The van der Waals surface area contributed by atoms with Gasteiger partial charge in [0.15, 0.2) is 0 Å². The number of primary amides is 1. The van der Waals surface area contributed by atoms with E-state index < -0.39 is 255 Å². The molecule has 9 rings (SSSR count). The Morgan fingerprint density at radius 2 is 1.07 bits per heavy atom. The van der Waals surface area contributed by atoms with E-state index in [2.05, 4.69) is 73.1 Å². The maximum absolute atomic E-state index is 15.7. The Morgan fingerprint density at radius 3 is 1.68 bits per heavy atom. The number of H-pyrrole nitrogens is 3. The lowest BCUT2D eigenvalue weighted by atomic mass is 10.00. The van der Waals surface area contributed by atoms with Gasteiger partial charge >= 0.3 is 11.9 Å². The number of aliphatic hydroxyl groups excluding tert-OH is 2. The summed E-state index contributed by atoms with van der Waals surface area (Å²) in [5.41, 5.74) is 14.1.